The van der Waals surface area contributed by atoms with Crippen LogP contribution in [0, 0.1) is 0 Å². The molecular formula is C22H18ClNO4. The summed E-state index contributed by atoms with van der Waals surface area (Å²) >= 11 is 5.96. The molecule has 0 N–H and O–H groups in total. The Morgan fingerprint density at radius 3 is 2.18 bits per heavy atom. The molecule has 0 fully saturated rings. The molecule has 0 amide bonds. The maximum absolute atomic E-state index is 5.98. The summed E-state index contributed by atoms with van der Waals surface area (Å²) in [7, 11) is 4.78. The fraction of sp³-hybridized carbons (Fsp3) is 0.136. The number of oxazole rings is 1. The van der Waals surface area contributed by atoms with Crippen LogP contribution in [-0.2, 0) is 0 Å². The van der Waals surface area contributed by atoms with E-state index in [9.17, 15) is 0 Å². The van der Waals surface area contributed by atoms with Gasteiger partial charge in [-0.1, -0.05) is 17.7 Å². The monoisotopic (exact) mass is 395 g/mol. The lowest BCUT2D eigenvalue weighted by atomic mass is 10.0. The van der Waals surface area contributed by atoms with Crippen LogP contribution in [0.25, 0.3) is 33.7 Å². The Morgan fingerprint density at radius 2 is 1.50 bits per heavy atom. The highest BCUT2D eigenvalue weighted by Crippen LogP contribution is 2.44. The van der Waals surface area contributed by atoms with Crippen LogP contribution in [0.1, 0.15) is 0 Å². The number of aromatic nitrogens is 1. The molecule has 0 saturated heterocycles. The summed E-state index contributed by atoms with van der Waals surface area (Å²) in [6.07, 6.45) is 0. The number of nitrogens with zero attached hydrogens (tertiary/aromatic N) is 1. The normalized spacial score (nSPS) is 10.9. The van der Waals surface area contributed by atoms with Crippen LogP contribution < -0.4 is 14.2 Å². The van der Waals surface area contributed by atoms with Crippen LogP contribution in [0.2, 0.25) is 5.02 Å². The van der Waals surface area contributed by atoms with E-state index in [2.05, 4.69) is 4.98 Å². The third-order valence-corrected chi connectivity index (χ3v) is 4.75. The molecule has 0 atom stereocenters. The van der Waals surface area contributed by atoms with Crippen molar-refractivity contribution in [3.05, 3.63) is 59.6 Å². The fourth-order valence-corrected chi connectivity index (χ4v) is 3.26. The number of hydrogen-bond acceptors (Lipinski definition) is 5. The van der Waals surface area contributed by atoms with E-state index < -0.39 is 0 Å². The van der Waals surface area contributed by atoms with Gasteiger partial charge in [-0.2, -0.15) is 0 Å². The number of methoxy groups -OCH3 is 3. The zero-order valence-corrected chi connectivity index (χ0v) is 16.4. The maximum Gasteiger partial charge on any atom is 0.227 e. The van der Waals surface area contributed by atoms with Crippen LogP contribution in [0.4, 0.5) is 0 Å². The van der Waals surface area contributed by atoms with Crippen LogP contribution in [0.3, 0.4) is 0 Å². The molecule has 142 valence electrons. The lowest BCUT2D eigenvalue weighted by Crippen LogP contribution is -1.96. The lowest BCUT2D eigenvalue weighted by molar-refractivity contribution is 0.325. The van der Waals surface area contributed by atoms with E-state index in [-0.39, 0.29) is 0 Å². The van der Waals surface area contributed by atoms with Crippen molar-refractivity contribution in [1.29, 1.82) is 0 Å². The highest BCUT2D eigenvalue weighted by Gasteiger charge is 2.18. The van der Waals surface area contributed by atoms with Gasteiger partial charge < -0.3 is 18.6 Å². The van der Waals surface area contributed by atoms with Crippen molar-refractivity contribution in [2.75, 3.05) is 21.3 Å². The molecule has 0 saturated carbocycles. The van der Waals surface area contributed by atoms with Crippen molar-refractivity contribution in [3.63, 3.8) is 0 Å². The Morgan fingerprint density at radius 1 is 0.786 bits per heavy atom. The van der Waals surface area contributed by atoms with Gasteiger partial charge in [-0.15, -0.1) is 0 Å². The highest BCUT2D eigenvalue weighted by atomic mass is 35.5. The van der Waals surface area contributed by atoms with Crippen LogP contribution in [0.5, 0.6) is 17.2 Å². The quantitative estimate of drug-likeness (QED) is 0.424. The molecule has 0 radical (unpaired) electrons. The summed E-state index contributed by atoms with van der Waals surface area (Å²) in [6.45, 7) is 0. The van der Waals surface area contributed by atoms with Gasteiger partial charge >= 0.3 is 0 Å². The van der Waals surface area contributed by atoms with Gasteiger partial charge in [0.1, 0.15) is 5.52 Å². The van der Waals surface area contributed by atoms with Crippen molar-refractivity contribution in [2.45, 2.75) is 0 Å². The van der Waals surface area contributed by atoms with Crippen LogP contribution >= 0.6 is 11.6 Å². The largest absolute Gasteiger partial charge is 0.493 e. The minimum absolute atomic E-state index is 0.544. The fourth-order valence-electron chi connectivity index (χ4n) is 3.14. The molecule has 0 spiro atoms. The highest BCUT2D eigenvalue weighted by molar-refractivity contribution is 6.30. The molecule has 1 aromatic heterocycles. The molecule has 6 heteroatoms. The van der Waals surface area contributed by atoms with E-state index in [0.717, 1.165) is 22.2 Å². The van der Waals surface area contributed by atoms with E-state index >= 15 is 0 Å². The van der Waals surface area contributed by atoms with Crippen molar-refractivity contribution in [1.82, 2.24) is 4.98 Å². The molecule has 5 nitrogen and oxygen atoms in total. The summed E-state index contributed by atoms with van der Waals surface area (Å²) in [4.78, 5) is 4.57. The minimum atomic E-state index is 0.544. The van der Waals surface area contributed by atoms with E-state index in [1.165, 1.54) is 0 Å². The molecule has 0 unspecified atom stereocenters. The molecule has 0 aliphatic rings. The van der Waals surface area contributed by atoms with Crippen molar-refractivity contribution < 1.29 is 18.6 Å². The first-order valence-corrected chi connectivity index (χ1v) is 8.98. The SMILES string of the molecule is COc1ccc(-c2ccc3nc(-c4ccc(Cl)cc4)oc3c2)c(OC)c1OC. The van der Waals surface area contributed by atoms with E-state index in [1.807, 2.05) is 54.6 Å². The first kappa shape index (κ1) is 18.2. The molecule has 3 aromatic carbocycles. The summed E-state index contributed by atoms with van der Waals surface area (Å²) in [5.41, 5.74) is 4.11. The minimum Gasteiger partial charge on any atom is -0.493 e. The second kappa shape index (κ2) is 7.44. The molecule has 0 bridgehead atoms. The van der Waals surface area contributed by atoms with E-state index in [1.54, 1.807) is 21.3 Å². The first-order valence-electron chi connectivity index (χ1n) is 8.60. The van der Waals surface area contributed by atoms with Crippen LogP contribution in [0.15, 0.2) is 59.0 Å². The van der Waals surface area contributed by atoms with E-state index in [0.29, 0.717) is 33.7 Å². The van der Waals surface area contributed by atoms with Crippen LogP contribution in [-0.4, -0.2) is 26.3 Å². The van der Waals surface area contributed by atoms with Gasteiger partial charge in [0.2, 0.25) is 11.6 Å². The number of benzene rings is 3. The third-order valence-electron chi connectivity index (χ3n) is 4.49. The zero-order chi connectivity index (χ0) is 19.7. The number of halogens is 1. The van der Waals surface area contributed by atoms with Gasteiger partial charge in [0, 0.05) is 16.1 Å². The average molecular weight is 396 g/mol. The van der Waals surface area contributed by atoms with Gasteiger partial charge in [-0.25, -0.2) is 4.98 Å². The molecule has 4 aromatic rings. The van der Waals surface area contributed by atoms with Gasteiger partial charge in [-0.3, -0.25) is 0 Å². The number of fused-ring (bicyclic) bond motifs is 1. The second-order valence-electron chi connectivity index (χ2n) is 6.09. The Labute approximate surface area is 167 Å². The Hall–Kier alpha value is -3.18. The number of rotatable bonds is 5. The predicted octanol–water partition coefficient (Wildman–Crippen LogP) is 5.84. The summed E-state index contributed by atoms with van der Waals surface area (Å²) in [5, 5.41) is 0.669. The Kier molecular flexibility index (Phi) is 4.84. The first-order chi connectivity index (χ1) is 13.6. The Balaban J connectivity index is 1.81. The molecule has 4 rings (SSSR count). The number of hydrogen-bond donors (Lipinski definition) is 0. The van der Waals surface area contributed by atoms with Gasteiger partial charge in [-0.05, 0) is 54.1 Å². The molecular weight excluding hydrogens is 378 g/mol. The molecule has 0 aliphatic heterocycles. The summed E-state index contributed by atoms with van der Waals surface area (Å²) in [6, 6.07) is 17.0. The van der Waals surface area contributed by atoms with E-state index in [4.69, 9.17) is 30.2 Å². The lowest BCUT2D eigenvalue weighted by Gasteiger charge is -2.15. The smallest absolute Gasteiger partial charge is 0.227 e. The molecule has 28 heavy (non-hydrogen) atoms. The molecule has 0 aliphatic carbocycles. The second-order valence-corrected chi connectivity index (χ2v) is 6.53. The van der Waals surface area contributed by atoms with Gasteiger partial charge in [0.25, 0.3) is 0 Å². The molecule has 1 heterocycles. The maximum atomic E-state index is 5.98. The standard InChI is InChI=1S/C22H18ClNO4/c1-25-18-11-9-16(20(26-2)21(18)27-3)14-6-10-17-19(12-14)28-22(24-17)13-4-7-15(23)8-5-13/h4-12H,1-3H3. The topological polar surface area (TPSA) is 53.7 Å². The zero-order valence-electron chi connectivity index (χ0n) is 15.7. The average Bonchev–Trinajstić information content (AvgIpc) is 3.16. The van der Waals surface area contributed by atoms with Gasteiger partial charge in [0.15, 0.2) is 17.1 Å². The summed E-state index contributed by atoms with van der Waals surface area (Å²) in [5.74, 6) is 2.29. The van der Waals surface area contributed by atoms with Crippen molar-refractivity contribution in [3.8, 4) is 39.8 Å². The predicted molar refractivity (Wildman–Crippen MR) is 110 cm³/mol. The summed E-state index contributed by atoms with van der Waals surface area (Å²) < 4.78 is 22.4. The van der Waals surface area contributed by atoms with Crippen molar-refractivity contribution in [2.24, 2.45) is 0 Å². The Bertz CT molecular complexity index is 1140. The third kappa shape index (κ3) is 3.14. The van der Waals surface area contributed by atoms with Crippen molar-refractivity contribution >= 4 is 22.7 Å². The number of ether oxygens (including phenoxy) is 3. The van der Waals surface area contributed by atoms with Gasteiger partial charge in [0.05, 0.1) is 21.3 Å².